The fourth-order valence-electron chi connectivity index (χ4n) is 6.15. The average Bonchev–Trinajstić information content (AvgIpc) is 3.04. The molecule has 0 fully saturated rings. The molecule has 1 unspecified atom stereocenters. The van der Waals surface area contributed by atoms with Crippen molar-refractivity contribution in [2.75, 3.05) is 0 Å². The minimum absolute atomic E-state index is 0.0161. The third-order valence-electron chi connectivity index (χ3n) is 9.25. The Morgan fingerprint density at radius 1 is 0.500 bits per heavy atom. The Bertz CT molecular complexity index is 698. The molecule has 0 aromatic heterocycles. The second kappa shape index (κ2) is 37.9. The lowest BCUT2D eigenvalue weighted by atomic mass is 10.0. The molecule has 0 spiro atoms. The Morgan fingerprint density at radius 2 is 0.891 bits per heavy atom. The molecule has 270 valence electrons. The van der Waals surface area contributed by atoms with Crippen LogP contribution in [-0.4, -0.2) is 23.1 Å². The number of carbonyl (C=O) groups excluding carboxylic acids is 1. The van der Waals surface area contributed by atoms with Crippen molar-refractivity contribution in [1.29, 1.82) is 0 Å². The molecule has 0 aliphatic rings. The number of rotatable bonds is 37. The van der Waals surface area contributed by atoms with E-state index in [2.05, 4.69) is 38.2 Å². The number of esters is 1. The Balaban J connectivity index is 3.43. The third-order valence-corrected chi connectivity index (χ3v) is 9.25. The van der Waals surface area contributed by atoms with Crippen LogP contribution in [0.25, 0.3) is 0 Å². The van der Waals surface area contributed by atoms with Gasteiger partial charge in [0.25, 0.3) is 0 Å². The van der Waals surface area contributed by atoms with Gasteiger partial charge in [0.1, 0.15) is 6.10 Å². The number of carboxylic acids is 1. The van der Waals surface area contributed by atoms with Crippen molar-refractivity contribution in [2.45, 2.75) is 232 Å². The molecule has 4 nitrogen and oxygen atoms in total. The van der Waals surface area contributed by atoms with Crippen LogP contribution in [0, 0.1) is 0 Å². The van der Waals surface area contributed by atoms with Crippen molar-refractivity contribution in [3.8, 4) is 0 Å². The van der Waals surface area contributed by atoms with Crippen LogP contribution in [0.1, 0.15) is 226 Å². The van der Waals surface area contributed by atoms with E-state index in [4.69, 9.17) is 9.84 Å². The summed E-state index contributed by atoms with van der Waals surface area (Å²) in [6.07, 6.45) is 48.6. The van der Waals surface area contributed by atoms with Crippen LogP contribution in [0.5, 0.6) is 0 Å². The predicted octanol–water partition coefficient (Wildman–Crippen LogP) is 14.0. The van der Waals surface area contributed by atoms with Crippen LogP contribution >= 0.6 is 0 Å². The number of carboxylic acid groups (broad SMARTS) is 1. The Kier molecular flexibility index (Phi) is 36.6. The smallest absolute Gasteiger partial charge is 0.306 e. The lowest BCUT2D eigenvalue weighted by Gasteiger charge is -2.16. The van der Waals surface area contributed by atoms with E-state index in [1.54, 1.807) is 0 Å². The zero-order valence-electron chi connectivity index (χ0n) is 30.9. The number of hydrogen-bond donors (Lipinski definition) is 1. The third kappa shape index (κ3) is 36.9. The minimum Gasteiger partial charge on any atom is -0.481 e. The maximum Gasteiger partial charge on any atom is 0.306 e. The zero-order chi connectivity index (χ0) is 33.6. The first-order valence-electron chi connectivity index (χ1n) is 20.3. The number of carbonyl (C=O) groups is 2. The monoisotopic (exact) mass is 647 g/mol. The molecule has 0 saturated heterocycles. The van der Waals surface area contributed by atoms with Gasteiger partial charge in [0.15, 0.2) is 0 Å². The summed E-state index contributed by atoms with van der Waals surface area (Å²) in [5.74, 6) is -0.647. The summed E-state index contributed by atoms with van der Waals surface area (Å²) in [6.45, 7) is 4.40. The fraction of sp³-hybridized carbons (Fsp3) is 0.857. The largest absolute Gasteiger partial charge is 0.481 e. The molecule has 1 atom stereocenters. The highest BCUT2D eigenvalue weighted by Gasteiger charge is 2.12. The summed E-state index contributed by atoms with van der Waals surface area (Å²) >= 11 is 0. The molecule has 0 rings (SSSR count). The molecular weight excluding hydrogens is 568 g/mol. The minimum atomic E-state index is -0.663. The lowest BCUT2D eigenvalue weighted by molar-refractivity contribution is -0.149. The molecular formula is C42H78O4. The highest BCUT2D eigenvalue weighted by Crippen LogP contribution is 2.17. The number of allylic oxidation sites excluding steroid dienone is 4. The van der Waals surface area contributed by atoms with Crippen molar-refractivity contribution >= 4 is 11.9 Å². The van der Waals surface area contributed by atoms with Gasteiger partial charge < -0.3 is 9.84 Å². The molecule has 0 aliphatic heterocycles. The van der Waals surface area contributed by atoms with E-state index in [-0.39, 0.29) is 12.1 Å². The van der Waals surface area contributed by atoms with Crippen molar-refractivity contribution in [2.24, 2.45) is 0 Å². The maximum absolute atomic E-state index is 12.3. The van der Waals surface area contributed by atoms with E-state index in [0.29, 0.717) is 12.8 Å². The van der Waals surface area contributed by atoms with Gasteiger partial charge in [0.2, 0.25) is 0 Å². The van der Waals surface area contributed by atoms with Gasteiger partial charge in [0.05, 0.1) is 0 Å². The summed E-state index contributed by atoms with van der Waals surface area (Å²) in [7, 11) is 0. The van der Waals surface area contributed by atoms with Crippen molar-refractivity contribution in [3.05, 3.63) is 24.3 Å². The number of hydrogen-bond acceptors (Lipinski definition) is 3. The number of aliphatic carboxylic acids is 1. The van der Waals surface area contributed by atoms with Gasteiger partial charge in [-0.15, -0.1) is 0 Å². The molecule has 4 heteroatoms. The van der Waals surface area contributed by atoms with Crippen molar-refractivity contribution < 1.29 is 19.4 Å². The Hall–Kier alpha value is -1.58. The number of unbranched alkanes of at least 4 members (excludes halogenated alkanes) is 25. The second-order valence-electron chi connectivity index (χ2n) is 13.8. The lowest BCUT2D eigenvalue weighted by Crippen LogP contribution is -2.17. The van der Waals surface area contributed by atoms with Gasteiger partial charge in [0, 0.05) is 12.8 Å². The van der Waals surface area contributed by atoms with Crippen LogP contribution in [0.15, 0.2) is 24.3 Å². The molecule has 1 N–H and O–H groups in total. The van der Waals surface area contributed by atoms with Gasteiger partial charge in [-0.3, -0.25) is 9.59 Å². The van der Waals surface area contributed by atoms with Gasteiger partial charge in [-0.05, 0) is 64.2 Å². The Labute approximate surface area is 287 Å². The van der Waals surface area contributed by atoms with E-state index in [1.165, 1.54) is 154 Å². The van der Waals surface area contributed by atoms with Crippen molar-refractivity contribution in [1.82, 2.24) is 0 Å². The molecule has 46 heavy (non-hydrogen) atoms. The zero-order valence-corrected chi connectivity index (χ0v) is 30.9. The van der Waals surface area contributed by atoms with Crippen molar-refractivity contribution in [3.63, 3.8) is 0 Å². The highest BCUT2D eigenvalue weighted by molar-refractivity contribution is 5.69. The SMILES string of the molecule is CCCCC/C=C\C/C=C\CCCCCCCCCC(=O)OC(CC)CCCCCCCCCCCCCCCCCCC(=O)O. The summed E-state index contributed by atoms with van der Waals surface area (Å²) in [4.78, 5) is 22.8. The van der Waals surface area contributed by atoms with Gasteiger partial charge >= 0.3 is 11.9 Å². The number of ether oxygens (including phenoxy) is 1. The van der Waals surface area contributed by atoms with Gasteiger partial charge in [-0.2, -0.15) is 0 Å². The Morgan fingerprint density at radius 3 is 1.33 bits per heavy atom. The van der Waals surface area contributed by atoms with E-state index >= 15 is 0 Å². The van der Waals surface area contributed by atoms with E-state index < -0.39 is 5.97 Å². The van der Waals surface area contributed by atoms with Crippen LogP contribution in [0.4, 0.5) is 0 Å². The highest BCUT2D eigenvalue weighted by atomic mass is 16.5. The van der Waals surface area contributed by atoms with Gasteiger partial charge in [-0.25, -0.2) is 0 Å². The topological polar surface area (TPSA) is 63.6 Å². The molecule has 0 aromatic rings. The molecule has 0 bridgehead atoms. The van der Waals surface area contributed by atoms with Gasteiger partial charge in [-0.1, -0.05) is 173 Å². The van der Waals surface area contributed by atoms with Crippen LogP contribution in [0.2, 0.25) is 0 Å². The predicted molar refractivity (Wildman–Crippen MR) is 200 cm³/mol. The van der Waals surface area contributed by atoms with Crippen LogP contribution < -0.4 is 0 Å². The molecule has 0 aromatic carbocycles. The quantitative estimate of drug-likeness (QED) is 0.0414. The first-order valence-corrected chi connectivity index (χ1v) is 20.3. The van der Waals surface area contributed by atoms with E-state index in [0.717, 1.165) is 44.9 Å². The maximum atomic E-state index is 12.3. The second-order valence-corrected chi connectivity index (χ2v) is 13.8. The molecule has 0 amide bonds. The summed E-state index contributed by atoms with van der Waals surface area (Å²) in [6, 6.07) is 0. The summed E-state index contributed by atoms with van der Waals surface area (Å²) < 4.78 is 5.80. The first-order chi connectivity index (χ1) is 22.6. The normalized spacial score (nSPS) is 12.4. The summed E-state index contributed by atoms with van der Waals surface area (Å²) in [5.41, 5.74) is 0. The van der Waals surface area contributed by atoms with E-state index in [9.17, 15) is 9.59 Å². The standard InChI is InChI=1S/C42H78O4/c1-3-5-6-7-8-9-10-11-12-13-18-21-24-27-30-33-36-39-42(45)46-40(4-2)37-34-31-28-25-22-19-16-14-15-17-20-23-26-29-32-35-38-41(43)44/h8-9,11-12,40H,3-7,10,13-39H2,1-2H3,(H,43,44)/b9-8-,12-11-. The fourth-order valence-corrected chi connectivity index (χ4v) is 6.15. The van der Waals surface area contributed by atoms with Crippen LogP contribution in [-0.2, 0) is 14.3 Å². The first kappa shape index (κ1) is 44.4. The summed E-state index contributed by atoms with van der Waals surface area (Å²) in [5, 5.41) is 8.65. The molecule has 0 aliphatic carbocycles. The van der Waals surface area contributed by atoms with E-state index in [1.807, 2.05) is 0 Å². The molecule has 0 saturated carbocycles. The van der Waals surface area contributed by atoms with Crippen LogP contribution in [0.3, 0.4) is 0 Å². The molecule has 0 radical (unpaired) electrons. The average molecular weight is 647 g/mol. The molecule has 0 heterocycles.